The molecule has 3 aromatic carbocycles. The van der Waals surface area contributed by atoms with E-state index in [9.17, 15) is 28.4 Å². The normalized spacial score (nSPS) is 11.2. The number of carbonyl (C=O) groups is 1. The van der Waals surface area contributed by atoms with Crippen molar-refractivity contribution in [1.29, 1.82) is 0 Å². The van der Waals surface area contributed by atoms with Gasteiger partial charge >= 0.3 is 5.69 Å². The molecule has 0 unspecified atom stereocenters. The number of phenols is 1. The molecule has 0 fully saturated rings. The Hall–Kier alpha value is -4.58. The van der Waals surface area contributed by atoms with Gasteiger partial charge in [-0.05, 0) is 55.5 Å². The van der Waals surface area contributed by atoms with Crippen molar-refractivity contribution in [2.75, 3.05) is 4.31 Å². The van der Waals surface area contributed by atoms with Crippen molar-refractivity contribution in [1.82, 2.24) is 15.0 Å². The number of benzene rings is 3. The van der Waals surface area contributed by atoms with Crippen molar-refractivity contribution >= 4 is 27.2 Å². The van der Waals surface area contributed by atoms with Crippen molar-refractivity contribution in [3.8, 4) is 11.4 Å². The second-order valence-electron chi connectivity index (χ2n) is 7.51. The molecule has 0 saturated carbocycles. The highest BCUT2D eigenvalue weighted by atomic mass is 32.2. The number of hydrogen-bond acceptors (Lipinski definition) is 8. The van der Waals surface area contributed by atoms with Crippen molar-refractivity contribution in [2.45, 2.75) is 18.4 Å². The Bertz CT molecular complexity index is 1500. The van der Waals surface area contributed by atoms with Crippen LogP contribution in [0.1, 0.15) is 23.0 Å². The molecule has 0 atom stereocenters. The lowest BCUT2D eigenvalue weighted by molar-refractivity contribution is -0.385. The molecule has 0 aliphatic rings. The van der Waals surface area contributed by atoms with Crippen molar-refractivity contribution in [3.05, 3.63) is 100 Å². The molecule has 35 heavy (non-hydrogen) atoms. The Morgan fingerprint density at radius 3 is 2.40 bits per heavy atom. The minimum atomic E-state index is -4.02. The lowest BCUT2D eigenvalue weighted by Gasteiger charge is -2.23. The summed E-state index contributed by atoms with van der Waals surface area (Å²) in [7, 11) is -4.02. The Labute approximate surface area is 200 Å². The largest absolute Gasteiger partial charge is 0.502 e. The lowest BCUT2D eigenvalue weighted by atomic mass is 10.1. The Morgan fingerprint density at radius 1 is 1.09 bits per heavy atom. The van der Waals surface area contributed by atoms with Crippen LogP contribution in [0.2, 0.25) is 0 Å². The molecule has 1 N–H and O–H groups in total. The van der Waals surface area contributed by atoms with Crippen molar-refractivity contribution in [2.24, 2.45) is 0 Å². The summed E-state index contributed by atoms with van der Waals surface area (Å²) in [4.78, 5) is 22.1. The van der Waals surface area contributed by atoms with Crippen LogP contribution in [-0.2, 0) is 16.6 Å². The second kappa shape index (κ2) is 9.35. The van der Waals surface area contributed by atoms with Crippen LogP contribution < -0.4 is 4.31 Å². The first kappa shape index (κ1) is 23.6. The van der Waals surface area contributed by atoms with Gasteiger partial charge in [0.2, 0.25) is 0 Å². The van der Waals surface area contributed by atoms with Crippen molar-refractivity contribution < 1.29 is 23.2 Å². The first-order chi connectivity index (χ1) is 16.7. The van der Waals surface area contributed by atoms with Crippen LogP contribution in [0, 0.1) is 10.1 Å². The van der Waals surface area contributed by atoms with Crippen LogP contribution in [0.25, 0.3) is 5.69 Å². The predicted molar refractivity (Wildman–Crippen MR) is 126 cm³/mol. The molecule has 178 valence electrons. The van der Waals surface area contributed by atoms with Gasteiger partial charge in [-0.3, -0.25) is 19.2 Å². The number of rotatable bonds is 8. The molecule has 0 amide bonds. The highest BCUT2D eigenvalue weighted by Crippen LogP contribution is 2.29. The quantitative estimate of drug-likeness (QED) is 0.223. The Balaban J connectivity index is 1.72. The smallest absolute Gasteiger partial charge is 0.312 e. The van der Waals surface area contributed by atoms with Gasteiger partial charge in [-0.15, -0.1) is 5.10 Å². The third-order valence-electron chi connectivity index (χ3n) is 5.16. The number of phenolic OH excluding ortho intramolecular Hbond substituents is 1. The zero-order valence-electron chi connectivity index (χ0n) is 18.3. The number of nitro groups is 1. The van der Waals surface area contributed by atoms with Gasteiger partial charge in [-0.25, -0.2) is 13.1 Å². The van der Waals surface area contributed by atoms with Gasteiger partial charge in [0.15, 0.2) is 11.5 Å². The average Bonchev–Trinajstić information content (AvgIpc) is 3.32. The van der Waals surface area contributed by atoms with E-state index in [2.05, 4.69) is 10.3 Å². The molecule has 0 aliphatic carbocycles. The SMILES string of the molecule is CC(=O)c1ccc(N(Cc2cn(-c3ccc(O)c([N+](=O)[O-])c3)nn2)S(=O)(=O)c2ccccc2)cc1. The molecule has 0 bridgehead atoms. The third kappa shape index (κ3) is 4.87. The number of nitrogens with zero attached hydrogens (tertiary/aromatic N) is 5. The highest BCUT2D eigenvalue weighted by Gasteiger charge is 2.26. The average molecular weight is 494 g/mol. The van der Waals surface area contributed by atoms with Crippen LogP contribution in [0.5, 0.6) is 5.75 Å². The molecule has 11 nitrogen and oxygen atoms in total. The lowest BCUT2D eigenvalue weighted by Crippen LogP contribution is -2.30. The van der Waals surface area contributed by atoms with Crippen LogP contribution in [-0.4, -0.2) is 39.2 Å². The van der Waals surface area contributed by atoms with Crippen LogP contribution >= 0.6 is 0 Å². The maximum atomic E-state index is 13.5. The minimum Gasteiger partial charge on any atom is -0.502 e. The van der Waals surface area contributed by atoms with E-state index in [0.717, 1.165) is 16.4 Å². The van der Waals surface area contributed by atoms with E-state index < -0.39 is 26.4 Å². The molecule has 4 aromatic rings. The van der Waals surface area contributed by atoms with E-state index in [4.69, 9.17) is 0 Å². The molecular formula is C23H19N5O6S. The van der Waals surface area contributed by atoms with Gasteiger partial charge < -0.3 is 5.11 Å². The molecule has 0 spiro atoms. The summed E-state index contributed by atoms with van der Waals surface area (Å²) in [5, 5.41) is 28.8. The first-order valence-electron chi connectivity index (χ1n) is 10.2. The summed E-state index contributed by atoms with van der Waals surface area (Å²) in [5.41, 5.74) is 0.769. The molecule has 1 heterocycles. The van der Waals surface area contributed by atoms with Gasteiger partial charge in [0.1, 0.15) is 5.69 Å². The Kier molecular flexibility index (Phi) is 6.30. The van der Waals surface area contributed by atoms with Crippen LogP contribution in [0.15, 0.2) is 83.9 Å². The van der Waals surface area contributed by atoms with Gasteiger partial charge in [0.25, 0.3) is 10.0 Å². The van der Waals surface area contributed by atoms with Crippen LogP contribution in [0.3, 0.4) is 0 Å². The van der Waals surface area contributed by atoms with Crippen LogP contribution in [0.4, 0.5) is 11.4 Å². The van der Waals surface area contributed by atoms with E-state index in [1.54, 1.807) is 18.2 Å². The zero-order chi connectivity index (χ0) is 25.2. The fourth-order valence-electron chi connectivity index (χ4n) is 3.34. The minimum absolute atomic E-state index is 0.0668. The first-order valence-corrected chi connectivity index (χ1v) is 11.7. The summed E-state index contributed by atoms with van der Waals surface area (Å²) < 4.78 is 29.4. The maximum Gasteiger partial charge on any atom is 0.312 e. The van der Waals surface area contributed by atoms with E-state index in [1.165, 1.54) is 60.3 Å². The summed E-state index contributed by atoms with van der Waals surface area (Å²) in [6.45, 7) is 1.22. The number of carbonyl (C=O) groups excluding carboxylic acids is 1. The Morgan fingerprint density at radius 2 is 1.77 bits per heavy atom. The van der Waals surface area contributed by atoms with E-state index in [0.29, 0.717) is 11.3 Å². The maximum absolute atomic E-state index is 13.5. The standard InChI is InChI=1S/C23H19N5O6S/c1-16(29)17-7-9-19(10-8-17)27(35(33,34)21-5-3-2-4-6-21)15-18-14-26(25-24-18)20-11-12-23(30)22(13-20)28(31)32/h2-14,30H,15H2,1H3. The van der Waals surface area contributed by atoms with Gasteiger partial charge in [0.05, 0.1) is 33.9 Å². The number of Topliss-reactive ketones (excluding diaryl/α,β-unsaturated/α-hetero) is 1. The number of aromatic hydroxyl groups is 1. The predicted octanol–water partition coefficient (Wildman–Crippen LogP) is 3.48. The monoisotopic (exact) mass is 493 g/mol. The fourth-order valence-corrected chi connectivity index (χ4v) is 4.80. The number of nitro benzene ring substituents is 1. The number of hydrogen-bond donors (Lipinski definition) is 1. The molecule has 0 radical (unpaired) electrons. The van der Waals surface area contributed by atoms with Gasteiger partial charge in [0, 0.05) is 11.6 Å². The molecule has 1 aromatic heterocycles. The van der Waals surface area contributed by atoms with Crippen molar-refractivity contribution in [3.63, 3.8) is 0 Å². The van der Waals surface area contributed by atoms with E-state index in [1.807, 2.05) is 0 Å². The number of sulfonamides is 1. The van der Waals surface area contributed by atoms with Gasteiger partial charge in [-0.1, -0.05) is 23.4 Å². The summed E-state index contributed by atoms with van der Waals surface area (Å²) in [6.07, 6.45) is 1.44. The molecule has 12 heteroatoms. The van der Waals surface area contributed by atoms with E-state index >= 15 is 0 Å². The summed E-state index contributed by atoms with van der Waals surface area (Å²) in [6, 6.07) is 17.7. The third-order valence-corrected chi connectivity index (χ3v) is 6.95. The number of aromatic nitrogens is 3. The summed E-state index contributed by atoms with van der Waals surface area (Å²) in [5.74, 6) is -0.645. The molecule has 0 aliphatic heterocycles. The number of ketones is 1. The summed E-state index contributed by atoms with van der Waals surface area (Å²) >= 11 is 0. The van der Waals surface area contributed by atoms with Gasteiger partial charge in [-0.2, -0.15) is 0 Å². The highest BCUT2D eigenvalue weighted by molar-refractivity contribution is 7.92. The number of anilines is 1. The molecule has 4 rings (SSSR count). The van der Waals surface area contributed by atoms with E-state index in [-0.39, 0.29) is 28.6 Å². The molecule has 0 saturated heterocycles. The molecular weight excluding hydrogens is 474 g/mol. The topological polar surface area (TPSA) is 149 Å². The fraction of sp³-hybridized carbons (Fsp3) is 0.0870. The second-order valence-corrected chi connectivity index (χ2v) is 9.37. The zero-order valence-corrected chi connectivity index (χ0v) is 19.2.